The molecule has 8 nitrogen and oxygen atoms in total. The third-order valence-corrected chi connectivity index (χ3v) is 5.87. The Kier molecular flexibility index (Phi) is 8.87. The minimum absolute atomic E-state index is 0.0532. The first kappa shape index (κ1) is 25.8. The molecule has 0 heterocycles. The van der Waals surface area contributed by atoms with Gasteiger partial charge in [0.05, 0.1) is 0 Å². The van der Waals surface area contributed by atoms with E-state index in [1.807, 2.05) is 55.4 Å². The second kappa shape index (κ2) is 12.0. The van der Waals surface area contributed by atoms with Crippen LogP contribution in [0.15, 0.2) is 48.5 Å². The molecule has 1 atom stereocenters. The zero-order valence-corrected chi connectivity index (χ0v) is 20.3. The molecule has 0 aliphatic heterocycles. The summed E-state index contributed by atoms with van der Waals surface area (Å²) in [6, 6.07) is 15.0. The van der Waals surface area contributed by atoms with Gasteiger partial charge in [-0.3, -0.25) is 9.59 Å². The molecule has 8 heteroatoms. The van der Waals surface area contributed by atoms with Crippen LogP contribution < -0.4 is 5.32 Å². The fraction of sp³-hybridized carbons (Fsp3) is 0.370. The minimum atomic E-state index is -1.13. The summed E-state index contributed by atoms with van der Waals surface area (Å²) < 4.78 is 5.57. The van der Waals surface area contributed by atoms with Gasteiger partial charge in [-0.05, 0) is 43.3 Å². The van der Waals surface area contributed by atoms with Crippen molar-refractivity contribution in [1.82, 2.24) is 15.1 Å². The van der Waals surface area contributed by atoms with Gasteiger partial charge in [-0.1, -0.05) is 48.5 Å². The number of likely N-dealkylation sites (N-methyl/N-ethyl adjacent to an activating group) is 1. The van der Waals surface area contributed by atoms with Crippen LogP contribution in [0.25, 0.3) is 11.1 Å². The highest BCUT2D eigenvalue weighted by atomic mass is 16.5. The van der Waals surface area contributed by atoms with Gasteiger partial charge in [0.15, 0.2) is 0 Å². The number of carbonyl (C=O) groups excluding carboxylic acids is 2. The van der Waals surface area contributed by atoms with Crippen molar-refractivity contribution in [2.24, 2.45) is 0 Å². The quantitative estimate of drug-likeness (QED) is 0.511. The van der Waals surface area contributed by atoms with E-state index in [1.165, 1.54) is 4.90 Å². The first-order valence-corrected chi connectivity index (χ1v) is 11.5. The van der Waals surface area contributed by atoms with Crippen molar-refractivity contribution >= 4 is 18.0 Å². The fourth-order valence-corrected chi connectivity index (χ4v) is 4.16. The third kappa shape index (κ3) is 6.61. The summed E-state index contributed by atoms with van der Waals surface area (Å²) in [6.07, 6.45) is -0.691. The molecule has 1 aliphatic rings. The number of carboxylic acid groups (broad SMARTS) is 1. The van der Waals surface area contributed by atoms with Crippen molar-refractivity contribution in [2.45, 2.75) is 25.3 Å². The molecule has 2 N–H and O–H groups in total. The molecule has 184 valence electrons. The van der Waals surface area contributed by atoms with E-state index in [0.29, 0.717) is 6.54 Å². The number of ether oxygens (including phenoxy) is 1. The molecule has 0 saturated carbocycles. The lowest BCUT2D eigenvalue weighted by molar-refractivity contribution is -0.145. The van der Waals surface area contributed by atoms with Gasteiger partial charge >= 0.3 is 12.1 Å². The molecule has 0 spiro atoms. The van der Waals surface area contributed by atoms with Gasteiger partial charge in [0.2, 0.25) is 5.91 Å². The number of amides is 2. The molecule has 2 amide bonds. The molecule has 2 aromatic carbocycles. The van der Waals surface area contributed by atoms with Gasteiger partial charge < -0.3 is 25.0 Å². The normalized spacial score (nSPS) is 12.7. The molecule has 0 bridgehead atoms. The van der Waals surface area contributed by atoms with Crippen LogP contribution in [0, 0.1) is 11.8 Å². The predicted octanol–water partition coefficient (Wildman–Crippen LogP) is 2.78. The number of benzene rings is 2. The van der Waals surface area contributed by atoms with E-state index in [1.54, 1.807) is 6.92 Å². The summed E-state index contributed by atoms with van der Waals surface area (Å²) in [6.45, 7) is 1.97. The molecule has 0 aromatic heterocycles. The molecule has 2 aromatic rings. The highest BCUT2D eigenvalue weighted by Crippen LogP contribution is 2.44. The minimum Gasteiger partial charge on any atom is -0.480 e. The number of nitrogens with one attached hydrogen (secondary N) is 1. The van der Waals surface area contributed by atoms with Crippen LogP contribution in [0.3, 0.4) is 0 Å². The van der Waals surface area contributed by atoms with Crippen molar-refractivity contribution in [3.05, 3.63) is 59.7 Å². The SMILES string of the molecule is CC#CCC(NC(=O)OCC1c2ccccc2-c2ccccc21)C(=O)N(CCN(C)C)CC(=O)O. The van der Waals surface area contributed by atoms with Gasteiger partial charge in [0.25, 0.3) is 0 Å². The number of carbonyl (C=O) groups is 3. The monoisotopic (exact) mass is 477 g/mol. The van der Waals surface area contributed by atoms with Gasteiger partial charge in [-0.2, -0.15) is 0 Å². The Balaban J connectivity index is 1.70. The van der Waals surface area contributed by atoms with Crippen LogP contribution >= 0.6 is 0 Å². The second-order valence-corrected chi connectivity index (χ2v) is 8.61. The maximum absolute atomic E-state index is 13.1. The molecule has 0 radical (unpaired) electrons. The number of fused-ring (bicyclic) bond motifs is 3. The lowest BCUT2D eigenvalue weighted by atomic mass is 9.98. The molecule has 1 aliphatic carbocycles. The first-order valence-electron chi connectivity index (χ1n) is 11.5. The van der Waals surface area contributed by atoms with Gasteiger partial charge in [0, 0.05) is 25.4 Å². The van der Waals surface area contributed by atoms with Crippen LogP contribution in [0.4, 0.5) is 4.79 Å². The first-order chi connectivity index (χ1) is 16.8. The van der Waals surface area contributed by atoms with Crippen molar-refractivity contribution in [3.8, 4) is 23.0 Å². The molecular formula is C27H31N3O5. The van der Waals surface area contributed by atoms with Gasteiger partial charge in [0.1, 0.15) is 19.2 Å². The van der Waals surface area contributed by atoms with Crippen molar-refractivity contribution in [2.75, 3.05) is 40.3 Å². The highest BCUT2D eigenvalue weighted by molar-refractivity contribution is 5.88. The van der Waals surface area contributed by atoms with Crippen LogP contribution in [0.1, 0.15) is 30.4 Å². The Morgan fingerprint density at radius 3 is 2.17 bits per heavy atom. The summed E-state index contributed by atoms with van der Waals surface area (Å²) in [7, 11) is 3.66. The van der Waals surface area contributed by atoms with Crippen LogP contribution in [-0.2, 0) is 14.3 Å². The summed E-state index contributed by atoms with van der Waals surface area (Å²) >= 11 is 0. The van der Waals surface area contributed by atoms with Gasteiger partial charge in [-0.15, -0.1) is 11.8 Å². The number of hydrogen-bond donors (Lipinski definition) is 2. The van der Waals surface area contributed by atoms with E-state index in [2.05, 4.69) is 29.3 Å². The number of hydrogen-bond acceptors (Lipinski definition) is 5. The smallest absolute Gasteiger partial charge is 0.407 e. The Labute approximate surface area is 205 Å². The van der Waals surface area contributed by atoms with Gasteiger partial charge in [-0.25, -0.2) is 4.79 Å². The lowest BCUT2D eigenvalue weighted by Gasteiger charge is -2.27. The van der Waals surface area contributed by atoms with E-state index in [9.17, 15) is 19.5 Å². The molecule has 0 fully saturated rings. The van der Waals surface area contributed by atoms with Crippen LogP contribution in [-0.4, -0.2) is 79.3 Å². The summed E-state index contributed by atoms with van der Waals surface area (Å²) in [5, 5.41) is 11.9. The number of carboxylic acids is 1. The topological polar surface area (TPSA) is 99.2 Å². The predicted molar refractivity (Wildman–Crippen MR) is 133 cm³/mol. The maximum Gasteiger partial charge on any atom is 0.407 e. The average molecular weight is 478 g/mol. The lowest BCUT2D eigenvalue weighted by Crippen LogP contribution is -2.51. The zero-order chi connectivity index (χ0) is 25.4. The summed E-state index contributed by atoms with van der Waals surface area (Å²) in [5.74, 6) is 3.78. The maximum atomic E-state index is 13.1. The Morgan fingerprint density at radius 2 is 1.63 bits per heavy atom. The molecular weight excluding hydrogens is 446 g/mol. The van der Waals surface area contributed by atoms with E-state index in [0.717, 1.165) is 22.3 Å². The summed E-state index contributed by atoms with van der Waals surface area (Å²) in [4.78, 5) is 40.2. The average Bonchev–Trinajstić information content (AvgIpc) is 3.16. The third-order valence-electron chi connectivity index (χ3n) is 5.87. The highest BCUT2D eigenvalue weighted by Gasteiger charge is 2.31. The Hall–Kier alpha value is -3.83. The summed E-state index contributed by atoms with van der Waals surface area (Å²) in [5.41, 5.74) is 4.41. The van der Waals surface area contributed by atoms with E-state index in [4.69, 9.17) is 4.74 Å². The number of alkyl carbamates (subject to hydrolysis) is 1. The number of nitrogens with zero attached hydrogens (tertiary/aromatic N) is 2. The molecule has 35 heavy (non-hydrogen) atoms. The standard InChI is InChI=1S/C27H31N3O5/c1-4-5-14-24(26(33)30(17-25(31)32)16-15-29(2)3)28-27(34)35-18-23-21-12-8-6-10-19(21)20-11-7-9-13-22(20)23/h6-13,23-24H,14-18H2,1-3H3,(H,28,34)(H,31,32). The number of rotatable bonds is 10. The van der Waals surface area contributed by atoms with Crippen LogP contribution in [0.5, 0.6) is 0 Å². The Morgan fingerprint density at radius 1 is 1.03 bits per heavy atom. The van der Waals surface area contributed by atoms with Crippen molar-refractivity contribution in [1.29, 1.82) is 0 Å². The molecule has 3 rings (SSSR count). The van der Waals surface area contributed by atoms with Crippen molar-refractivity contribution in [3.63, 3.8) is 0 Å². The Bertz CT molecular complexity index is 1090. The second-order valence-electron chi connectivity index (χ2n) is 8.61. The fourth-order valence-electron chi connectivity index (χ4n) is 4.16. The molecule has 1 unspecified atom stereocenters. The molecule has 0 saturated heterocycles. The van der Waals surface area contributed by atoms with E-state index < -0.39 is 30.6 Å². The van der Waals surface area contributed by atoms with E-state index in [-0.39, 0.29) is 25.5 Å². The number of aliphatic carboxylic acids is 1. The van der Waals surface area contributed by atoms with E-state index >= 15 is 0 Å². The zero-order valence-electron chi connectivity index (χ0n) is 20.3. The largest absolute Gasteiger partial charge is 0.480 e. The van der Waals surface area contributed by atoms with Crippen LogP contribution in [0.2, 0.25) is 0 Å². The van der Waals surface area contributed by atoms with Crippen molar-refractivity contribution < 1.29 is 24.2 Å².